The van der Waals surface area contributed by atoms with Crippen molar-refractivity contribution in [3.63, 3.8) is 0 Å². The monoisotopic (exact) mass is 333 g/mol. The number of carbonyl (C=O) groups excluding carboxylic acids is 2. The van der Waals surface area contributed by atoms with Crippen LogP contribution in [-0.2, 0) is 17.8 Å². The molecule has 4 rings (SSSR count). The van der Waals surface area contributed by atoms with Crippen LogP contribution in [0.4, 0.5) is 0 Å². The SMILES string of the molecule is NC(=O)[C@@H]1Cc2ccccc2CN1CC(=O)c1c[nH]c2ccccc12. The highest BCUT2D eigenvalue weighted by Crippen LogP contribution is 2.25. The molecule has 0 aliphatic carbocycles. The van der Waals surface area contributed by atoms with Gasteiger partial charge in [-0.25, -0.2) is 0 Å². The van der Waals surface area contributed by atoms with Gasteiger partial charge in [-0.3, -0.25) is 14.5 Å². The maximum absolute atomic E-state index is 12.9. The van der Waals surface area contributed by atoms with Crippen molar-refractivity contribution < 1.29 is 9.59 Å². The second kappa shape index (κ2) is 6.18. The number of Topliss-reactive ketones (excluding diaryl/α,β-unsaturated/α-hetero) is 1. The van der Waals surface area contributed by atoms with Gasteiger partial charge in [0.15, 0.2) is 5.78 Å². The van der Waals surface area contributed by atoms with E-state index in [9.17, 15) is 9.59 Å². The molecule has 2 heterocycles. The van der Waals surface area contributed by atoms with Gasteiger partial charge in [-0.15, -0.1) is 0 Å². The topological polar surface area (TPSA) is 79.2 Å². The summed E-state index contributed by atoms with van der Waals surface area (Å²) < 4.78 is 0. The summed E-state index contributed by atoms with van der Waals surface area (Å²) in [5.41, 5.74) is 9.46. The number of nitrogens with zero attached hydrogens (tertiary/aromatic N) is 1. The standard InChI is InChI=1S/C20H19N3O2/c21-20(25)18-9-13-5-1-2-6-14(13)11-23(18)12-19(24)16-10-22-17-8-4-3-7-15(16)17/h1-8,10,18,22H,9,11-12H2,(H2,21,25)/t18-/m0/s1. The maximum atomic E-state index is 12.9. The molecule has 0 radical (unpaired) electrons. The Balaban J connectivity index is 1.62. The minimum atomic E-state index is -0.455. The van der Waals surface area contributed by atoms with Gasteiger partial charge < -0.3 is 10.7 Å². The summed E-state index contributed by atoms with van der Waals surface area (Å²) in [6.45, 7) is 0.724. The third kappa shape index (κ3) is 2.83. The smallest absolute Gasteiger partial charge is 0.235 e. The molecule has 5 nitrogen and oxygen atoms in total. The summed E-state index contributed by atoms with van der Waals surface area (Å²) >= 11 is 0. The molecule has 25 heavy (non-hydrogen) atoms. The molecule has 1 aliphatic heterocycles. The van der Waals surface area contributed by atoms with Gasteiger partial charge in [0.25, 0.3) is 0 Å². The minimum absolute atomic E-state index is 0.0110. The average molecular weight is 333 g/mol. The maximum Gasteiger partial charge on any atom is 0.235 e. The number of primary amides is 1. The van der Waals surface area contributed by atoms with Crippen LogP contribution in [0.15, 0.2) is 54.7 Å². The van der Waals surface area contributed by atoms with Crippen LogP contribution in [-0.4, -0.2) is 34.2 Å². The van der Waals surface area contributed by atoms with E-state index >= 15 is 0 Å². The summed E-state index contributed by atoms with van der Waals surface area (Å²) in [7, 11) is 0. The molecule has 0 fully saturated rings. The second-order valence-electron chi connectivity index (χ2n) is 6.47. The zero-order valence-electron chi connectivity index (χ0n) is 13.7. The Labute approximate surface area is 145 Å². The molecule has 3 N–H and O–H groups in total. The molecule has 1 amide bonds. The van der Waals surface area contributed by atoms with Gasteiger partial charge in [-0.1, -0.05) is 42.5 Å². The van der Waals surface area contributed by atoms with Crippen LogP contribution in [0.25, 0.3) is 10.9 Å². The van der Waals surface area contributed by atoms with Crippen molar-refractivity contribution >= 4 is 22.6 Å². The molecule has 3 aromatic rings. The van der Waals surface area contributed by atoms with Crippen molar-refractivity contribution in [2.24, 2.45) is 5.73 Å². The predicted molar refractivity (Wildman–Crippen MR) is 96.2 cm³/mol. The molecule has 1 atom stereocenters. The van der Waals surface area contributed by atoms with E-state index in [-0.39, 0.29) is 18.2 Å². The minimum Gasteiger partial charge on any atom is -0.368 e. The number of nitrogens with one attached hydrogen (secondary N) is 1. The van der Waals surface area contributed by atoms with Crippen LogP contribution in [0, 0.1) is 0 Å². The second-order valence-corrected chi connectivity index (χ2v) is 6.47. The Morgan fingerprint density at radius 3 is 2.60 bits per heavy atom. The molecule has 0 saturated heterocycles. The highest BCUT2D eigenvalue weighted by Gasteiger charge is 2.31. The largest absolute Gasteiger partial charge is 0.368 e. The fourth-order valence-corrected chi connectivity index (χ4v) is 3.60. The van der Waals surface area contributed by atoms with Crippen molar-refractivity contribution in [2.45, 2.75) is 19.0 Å². The number of benzene rings is 2. The van der Waals surface area contributed by atoms with Crippen molar-refractivity contribution in [1.29, 1.82) is 0 Å². The first-order valence-corrected chi connectivity index (χ1v) is 8.33. The third-order valence-electron chi connectivity index (χ3n) is 4.91. The van der Waals surface area contributed by atoms with Crippen molar-refractivity contribution in [3.8, 4) is 0 Å². The molecule has 0 bridgehead atoms. The number of para-hydroxylation sites is 1. The van der Waals surface area contributed by atoms with Gasteiger partial charge in [-0.2, -0.15) is 0 Å². The number of aromatic amines is 1. The van der Waals surface area contributed by atoms with Gasteiger partial charge in [0.05, 0.1) is 12.6 Å². The van der Waals surface area contributed by atoms with Crippen LogP contribution in [0.1, 0.15) is 21.5 Å². The summed E-state index contributed by atoms with van der Waals surface area (Å²) in [5.74, 6) is -0.399. The Bertz CT molecular complexity index is 960. The number of nitrogens with two attached hydrogens (primary N) is 1. The van der Waals surface area contributed by atoms with Crippen molar-refractivity contribution in [3.05, 3.63) is 71.4 Å². The Hall–Kier alpha value is -2.92. The number of amides is 1. The number of ketones is 1. The summed E-state index contributed by atoms with van der Waals surface area (Å²) in [5, 5.41) is 0.903. The van der Waals surface area contributed by atoms with E-state index in [1.54, 1.807) is 6.20 Å². The number of hydrogen-bond acceptors (Lipinski definition) is 3. The highest BCUT2D eigenvalue weighted by atomic mass is 16.1. The number of H-pyrrole nitrogens is 1. The van der Waals surface area contributed by atoms with Crippen LogP contribution in [0.3, 0.4) is 0 Å². The van der Waals surface area contributed by atoms with E-state index < -0.39 is 6.04 Å². The van der Waals surface area contributed by atoms with E-state index in [4.69, 9.17) is 5.73 Å². The lowest BCUT2D eigenvalue weighted by Crippen LogP contribution is -2.50. The van der Waals surface area contributed by atoms with Gasteiger partial charge in [0.1, 0.15) is 0 Å². The molecule has 2 aromatic carbocycles. The van der Waals surface area contributed by atoms with E-state index in [0.29, 0.717) is 18.5 Å². The van der Waals surface area contributed by atoms with Crippen LogP contribution >= 0.6 is 0 Å². The van der Waals surface area contributed by atoms with Crippen molar-refractivity contribution in [2.75, 3.05) is 6.54 Å². The zero-order valence-corrected chi connectivity index (χ0v) is 13.7. The first kappa shape index (κ1) is 15.6. The molecular formula is C20H19N3O2. The van der Waals surface area contributed by atoms with Crippen LogP contribution in [0.5, 0.6) is 0 Å². The molecule has 1 aliphatic rings. The first-order valence-electron chi connectivity index (χ1n) is 8.33. The number of hydrogen-bond donors (Lipinski definition) is 2. The quantitative estimate of drug-likeness (QED) is 0.719. The van der Waals surface area contributed by atoms with Crippen LogP contribution in [0.2, 0.25) is 0 Å². The van der Waals surface area contributed by atoms with E-state index in [0.717, 1.165) is 22.0 Å². The molecular weight excluding hydrogens is 314 g/mol. The van der Waals surface area contributed by atoms with Gasteiger partial charge in [-0.05, 0) is 23.6 Å². The zero-order chi connectivity index (χ0) is 17.4. The van der Waals surface area contributed by atoms with E-state index in [2.05, 4.69) is 4.98 Å². The summed E-state index contributed by atoms with van der Waals surface area (Å²) in [4.78, 5) is 29.8. The number of aromatic nitrogens is 1. The number of rotatable bonds is 4. The lowest BCUT2D eigenvalue weighted by molar-refractivity contribution is -0.123. The van der Waals surface area contributed by atoms with Crippen molar-refractivity contribution in [1.82, 2.24) is 9.88 Å². The fourth-order valence-electron chi connectivity index (χ4n) is 3.60. The molecule has 126 valence electrons. The Kier molecular flexibility index (Phi) is 3.86. The average Bonchev–Trinajstić information content (AvgIpc) is 3.05. The summed E-state index contributed by atoms with van der Waals surface area (Å²) in [6.07, 6.45) is 2.29. The fraction of sp³-hybridized carbons (Fsp3) is 0.200. The molecule has 5 heteroatoms. The lowest BCUT2D eigenvalue weighted by Gasteiger charge is -2.34. The number of carbonyl (C=O) groups is 2. The van der Waals surface area contributed by atoms with Gasteiger partial charge in [0.2, 0.25) is 5.91 Å². The normalized spacial score (nSPS) is 17.4. The van der Waals surface area contributed by atoms with E-state index in [1.165, 1.54) is 0 Å². The van der Waals surface area contributed by atoms with Gasteiger partial charge >= 0.3 is 0 Å². The third-order valence-corrected chi connectivity index (χ3v) is 4.91. The van der Waals surface area contributed by atoms with Crippen LogP contribution < -0.4 is 5.73 Å². The Morgan fingerprint density at radius 1 is 1.08 bits per heavy atom. The number of fused-ring (bicyclic) bond motifs is 2. The highest BCUT2D eigenvalue weighted by molar-refractivity contribution is 6.08. The molecule has 0 spiro atoms. The first-order chi connectivity index (χ1) is 12.1. The molecule has 0 unspecified atom stereocenters. The predicted octanol–water partition coefficient (Wildman–Crippen LogP) is 2.26. The van der Waals surface area contributed by atoms with E-state index in [1.807, 2.05) is 53.4 Å². The molecule has 0 saturated carbocycles. The molecule has 1 aromatic heterocycles. The summed E-state index contributed by atoms with van der Waals surface area (Å²) in [6, 6.07) is 15.2. The Morgan fingerprint density at radius 2 is 1.80 bits per heavy atom. The lowest BCUT2D eigenvalue weighted by atomic mass is 9.93. The van der Waals surface area contributed by atoms with Gasteiger partial charge in [0, 0.05) is 29.2 Å².